The summed E-state index contributed by atoms with van der Waals surface area (Å²) in [6.07, 6.45) is 1.31. The Kier molecular flexibility index (Phi) is 5.05. The van der Waals surface area contributed by atoms with Crippen molar-refractivity contribution in [1.29, 1.82) is 0 Å². The number of hydrogen-bond donors (Lipinski definition) is 1. The van der Waals surface area contributed by atoms with Gasteiger partial charge in [0, 0.05) is 43.0 Å². The van der Waals surface area contributed by atoms with E-state index in [9.17, 15) is 18.8 Å². The Balaban J connectivity index is 1.47. The predicted octanol–water partition coefficient (Wildman–Crippen LogP) is 3.12. The van der Waals surface area contributed by atoms with Crippen LogP contribution >= 0.6 is 0 Å². The highest BCUT2D eigenvalue weighted by molar-refractivity contribution is 6.04. The maximum atomic E-state index is 13.3. The van der Waals surface area contributed by atoms with E-state index in [2.05, 4.69) is 5.32 Å². The molecule has 1 atom stereocenters. The summed E-state index contributed by atoms with van der Waals surface area (Å²) < 4.78 is 13.3. The second-order valence-corrected chi connectivity index (χ2v) is 7.37. The summed E-state index contributed by atoms with van der Waals surface area (Å²) in [6, 6.07) is 11.3. The molecule has 0 saturated carbocycles. The molecule has 7 heteroatoms. The van der Waals surface area contributed by atoms with Gasteiger partial charge in [0.25, 0.3) is 0 Å². The number of hydrogen-bond acceptors (Lipinski definition) is 3. The second-order valence-electron chi connectivity index (χ2n) is 7.37. The molecule has 2 heterocycles. The molecule has 6 nitrogen and oxygen atoms in total. The SMILES string of the molecule is CCC(=O)N1CCc2cc(N3C[C@@H](C(=O)Nc4cccc(F)c4)CC3=O)ccc21. The van der Waals surface area contributed by atoms with Gasteiger partial charge in [0.05, 0.1) is 5.92 Å². The fourth-order valence-corrected chi connectivity index (χ4v) is 3.95. The smallest absolute Gasteiger partial charge is 0.229 e. The maximum absolute atomic E-state index is 13.3. The predicted molar refractivity (Wildman–Crippen MR) is 108 cm³/mol. The molecule has 0 aromatic heterocycles. The highest BCUT2D eigenvalue weighted by Crippen LogP contribution is 2.34. The zero-order valence-electron chi connectivity index (χ0n) is 16.2. The summed E-state index contributed by atoms with van der Waals surface area (Å²) in [5.74, 6) is -1.27. The molecule has 2 aromatic rings. The number of halogens is 1. The summed E-state index contributed by atoms with van der Waals surface area (Å²) in [6.45, 7) is 2.76. The molecule has 150 valence electrons. The van der Waals surface area contributed by atoms with Crippen molar-refractivity contribution in [3.63, 3.8) is 0 Å². The van der Waals surface area contributed by atoms with Gasteiger partial charge >= 0.3 is 0 Å². The van der Waals surface area contributed by atoms with Crippen molar-refractivity contribution in [1.82, 2.24) is 0 Å². The first-order valence-electron chi connectivity index (χ1n) is 9.76. The number of rotatable bonds is 4. The van der Waals surface area contributed by atoms with Gasteiger partial charge in [0.1, 0.15) is 5.82 Å². The summed E-state index contributed by atoms with van der Waals surface area (Å²) in [5, 5.41) is 2.68. The number of fused-ring (bicyclic) bond motifs is 1. The third-order valence-electron chi connectivity index (χ3n) is 5.46. The van der Waals surface area contributed by atoms with E-state index < -0.39 is 11.7 Å². The van der Waals surface area contributed by atoms with Crippen LogP contribution in [0.3, 0.4) is 0 Å². The fourth-order valence-electron chi connectivity index (χ4n) is 3.95. The maximum Gasteiger partial charge on any atom is 0.229 e. The molecule has 4 rings (SSSR count). The Morgan fingerprint density at radius 1 is 1.21 bits per heavy atom. The first-order valence-corrected chi connectivity index (χ1v) is 9.76. The van der Waals surface area contributed by atoms with Crippen LogP contribution in [0.4, 0.5) is 21.5 Å². The van der Waals surface area contributed by atoms with Gasteiger partial charge in [-0.25, -0.2) is 4.39 Å². The Morgan fingerprint density at radius 2 is 2.03 bits per heavy atom. The van der Waals surface area contributed by atoms with Crippen LogP contribution in [0.15, 0.2) is 42.5 Å². The molecule has 0 unspecified atom stereocenters. The summed E-state index contributed by atoms with van der Waals surface area (Å²) in [5.41, 5.74) is 3.04. The lowest BCUT2D eigenvalue weighted by Gasteiger charge is -2.20. The van der Waals surface area contributed by atoms with Crippen molar-refractivity contribution in [3.8, 4) is 0 Å². The molecule has 1 saturated heterocycles. The lowest BCUT2D eigenvalue weighted by molar-refractivity contribution is -0.122. The lowest BCUT2D eigenvalue weighted by Crippen LogP contribution is -2.28. The third-order valence-corrected chi connectivity index (χ3v) is 5.46. The van der Waals surface area contributed by atoms with Gasteiger partial charge < -0.3 is 15.1 Å². The number of nitrogens with zero attached hydrogens (tertiary/aromatic N) is 2. The standard InChI is InChI=1S/C22H22FN3O3/c1-2-20(27)25-9-8-14-10-18(6-7-19(14)25)26-13-15(11-21(26)28)22(29)24-17-5-3-4-16(23)12-17/h3-7,10,12,15H,2,8-9,11,13H2,1H3,(H,24,29)/t15-/m0/s1. The molecule has 0 aliphatic carbocycles. The van der Waals surface area contributed by atoms with Gasteiger partial charge in [-0.2, -0.15) is 0 Å². The Hall–Kier alpha value is -3.22. The van der Waals surface area contributed by atoms with Crippen LogP contribution in [0, 0.1) is 11.7 Å². The number of benzene rings is 2. The molecule has 0 radical (unpaired) electrons. The van der Waals surface area contributed by atoms with Crippen LogP contribution in [-0.4, -0.2) is 30.8 Å². The minimum atomic E-state index is -0.503. The monoisotopic (exact) mass is 395 g/mol. The lowest BCUT2D eigenvalue weighted by atomic mass is 10.1. The molecule has 0 bridgehead atoms. The molecular weight excluding hydrogens is 373 g/mol. The number of amides is 3. The zero-order valence-corrected chi connectivity index (χ0v) is 16.2. The molecule has 29 heavy (non-hydrogen) atoms. The van der Waals surface area contributed by atoms with Gasteiger partial charge in [-0.05, 0) is 48.4 Å². The number of carbonyl (C=O) groups excluding carboxylic acids is 3. The highest BCUT2D eigenvalue weighted by atomic mass is 19.1. The van der Waals surface area contributed by atoms with Crippen molar-refractivity contribution >= 4 is 34.8 Å². The molecule has 3 amide bonds. The molecular formula is C22H22FN3O3. The molecule has 2 aliphatic rings. The van der Waals surface area contributed by atoms with E-state index in [1.165, 1.54) is 18.2 Å². The van der Waals surface area contributed by atoms with E-state index >= 15 is 0 Å². The quantitative estimate of drug-likeness (QED) is 0.865. The highest BCUT2D eigenvalue weighted by Gasteiger charge is 2.36. The molecule has 2 aliphatic heterocycles. The van der Waals surface area contributed by atoms with Crippen LogP contribution in [0.5, 0.6) is 0 Å². The number of nitrogens with one attached hydrogen (secondary N) is 1. The van der Waals surface area contributed by atoms with Crippen LogP contribution in [0.2, 0.25) is 0 Å². The van der Waals surface area contributed by atoms with E-state index in [1.807, 2.05) is 25.1 Å². The van der Waals surface area contributed by atoms with Crippen molar-refractivity contribution in [2.45, 2.75) is 26.2 Å². The van der Waals surface area contributed by atoms with Gasteiger partial charge in [-0.15, -0.1) is 0 Å². The van der Waals surface area contributed by atoms with Crippen molar-refractivity contribution in [3.05, 3.63) is 53.8 Å². The van der Waals surface area contributed by atoms with Crippen LogP contribution in [0.1, 0.15) is 25.3 Å². The van der Waals surface area contributed by atoms with E-state index in [4.69, 9.17) is 0 Å². The molecule has 1 N–H and O–H groups in total. The Labute approximate surface area is 168 Å². The van der Waals surface area contributed by atoms with Gasteiger partial charge in [-0.3, -0.25) is 14.4 Å². The van der Waals surface area contributed by atoms with Crippen LogP contribution < -0.4 is 15.1 Å². The Bertz CT molecular complexity index is 991. The minimum Gasteiger partial charge on any atom is -0.326 e. The van der Waals surface area contributed by atoms with E-state index in [0.29, 0.717) is 18.7 Å². The third kappa shape index (κ3) is 3.72. The van der Waals surface area contributed by atoms with E-state index in [1.54, 1.807) is 15.9 Å². The van der Waals surface area contributed by atoms with E-state index in [0.717, 1.165) is 23.4 Å². The first kappa shape index (κ1) is 19.1. The minimum absolute atomic E-state index is 0.0860. The average Bonchev–Trinajstić information content (AvgIpc) is 3.30. The van der Waals surface area contributed by atoms with E-state index in [-0.39, 0.29) is 30.7 Å². The first-order chi connectivity index (χ1) is 14.0. The largest absolute Gasteiger partial charge is 0.326 e. The molecule has 0 spiro atoms. The topological polar surface area (TPSA) is 69.7 Å². The van der Waals surface area contributed by atoms with Gasteiger partial charge in [0.2, 0.25) is 17.7 Å². The van der Waals surface area contributed by atoms with Crippen molar-refractivity contribution in [2.75, 3.05) is 28.2 Å². The normalized spacial score (nSPS) is 18.1. The van der Waals surface area contributed by atoms with Crippen LogP contribution in [0.25, 0.3) is 0 Å². The van der Waals surface area contributed by atoms with Gasteiger partial charge in [0.15, 0.2) is 0 Å². The zero-order chi connectivity index (χ0) is 20.5. The van der Waals surface area contributed by atoms with Crippen LogP contribution in [-0.2, 0) is 20.8 Å². The average molecular weight is 395 g/mol. The summed E-state index contributed by atoms with van der Waals surface area (Å²) >= 11 is 0. The molecule has 2 aromatic carbocycles. The van der Waals surface area contributed by atoms with Gasteiger partial charge in [-0.1, -0.05) is 13.0 Å². The summed E-state index contributed by atoms with van der Waals surface area (Å²) in [7, 11) is 0. The second kappa shape index (κ2) is 7.66. The Morgan fingerprint density at radius 3 is 2.79 bits per heavy atom. The number of carbonyl (C=O) groups is 3. The van der Waals surface area contributed by atoms with Crippen molar-refractivity contribution < 1.29 is 18.8 Å². The molecule has 1 fully saturated rings. The summed E-state index contributed by atoms with van der Waals surface area (Å²) in [4.78, 5) is 40.5. The number of anilines is 3. The fraction of sp³-hybridized carbons (Fsp3) is 0.318. The van der Waals surface area contributed by atoms with Crippen molar-refractivity contribution in [2.24, 2.45) is 5.92 Å².